The molecule has 1 aliphatic carbocycles. The first kappa shape index (κ1) is 26.7. The number of primary amides is 1. The summed E-state index contributed by atoms with van der Waals surface area (Å²) < 4.78 is 12.5. The second-order valence-electron chi connectivity index (χ2n) is 9.19. The minimum Gasteiger partial charge on any atom is -0.493 e. The third-order valence-electron chi connectivity index (χ3n) is 6.73. The number of para-hydroxylation sites is 1. The number of ether oxygens (including phenoxy) is 2. The quantitative estimate of drug-likeness (QED) is 0.229. The lowest BCUT2D eigenvalue weighted by molar-refractivity contribution is -0.112. The summed E-state index contributed by atoms with van der Waals surface area (Å²) in [5.74, 6) is -0.138. The Labute approximate surface area is 235 Å². The summed E-state index contributed by atoms with van der Waals surface area (Å²) in [4.78, 5) is 26.7. The second-order valence-corrected chi connectivity index (χ2v) is 10.3. The third kappa shape index (κ3) is 5.19. The number of rotatable bonds is 8. The largest absolute Gasteiger partial charge is 0.493 e. The number of anilines is 1. The van der Waals surface area contributed by atoms with Crippen molar-refractivity contribution in [2.24, 2.45) is 5.73 Å². The van der Waals surface area contributed by atoms with Crippen LogP contribution in [0.3, 0.4) is 0 Å². The van der Waals surface area contributed by atoms with E-state index in [0.717, 1.165) is 41.8 Å². The highest BCUT2D eigenvalue weighted by molar-refractivity contribution is 7.17. The van der Waals surface area contributed by atoms with Crippen LogP contribution in [0.1, 0.15) is 39.2 Å². The van der Waals surface area contributed by atoms with E-state index in [-0.39, 0.29) is 5.57 Å². The molecule has 3 N–H and O–H groups in total. The number of nitrogens with two attached hydrogens (primary N) is 1. The van der Waals surface area contributed by atoms with Gasteiger partial charge in [-0.2, -0.15) is 10.4 Å². The Kier molecular flexibility index (Phi) is 7.66. The smallest absolute Gasteiger partial charge is 0.266 e. The van der Waals surface area contributed by atoms with E-state index in [4.69, 9.17) is 20.3 Å². The van der Waals surface area contributed by atoms with E-state index < -0.39 is 11.8 Å². The van der Waals surface area contributed by atoms with E-state index in [9.17, 15) is 14.9 Å². The Hall–Kier alpha value is -4.88. The van der Waals surface area contributed by atoms with Crippen molar-refractivity contribution in [3.8, 4) is 34.5 Å². The molecular formula is C30H27N5O4S. The van der Waals surface area contributed by atoms with Gasteiger partial charge in [0.25, 0.3) is 11.8 Å². The van der Waals surface area contributed by atoms with Crippen LogP contribution >= 0.6 is 11.3 Å². The van der Waals surface area contributed by atoms with Crippen molar-refractivity contribution in [3.63, 3.8) is 0 Å². The summed E-state index contributed by atoms with van der Waals surface area (Å²) in [5.41, 5.74) is 9.38. The van der Waals surface area contributed by atoms with Crippen molar-refractivity contribution < 1.29 is 19.1 Å². The van der Waals surface area contributed by atoms with Crippen LogP contribution in [0.2, 0.25) is 0 Å². The molecule has 0 saturated heterocycles. The van der Waals surface area contributed by atoms with E-state index in [2.05, 4.69) is 5.32 Å². The van der Waals surface area contributed by atoms with Gasteiger partial charge in [0, 0.05) is 22.2 Å². The van der Waals surface area contributed by atoms with Gasteiger partial charge in [0.15, 0.2) is 11.5 Å². The Balaban J connectivity index is 1.56. The monoisotopic (exact) mass is 553 g/mol. The predicted molar refractivity (Wildman–Crippen MR) is 154 cm³/mol. The highest BCUT2D eigenvalue weighted by Gasteiger charge is 2.26. The number of benzene rings is 2. The van der Waals surface area contributed by atoms with Crippen LogP contribution in [-0.4, -0.2) is 35.8 Å². The maximum atomic E-state index is 13.3. The fourth-order valence-electron chi connectivity index (χ4n) is 4.80. The Morgan fingerprint density at radius 3 is 2.55 bits per heavy atom. The molecule has 0 aliphatic heterocycles. The molecule has 2 amide bonds. The van der Waals surface area contributed by atoms with Gasteiger partial charge in [0.1, 0.15) is 22.3 Å². The fraction of sp³-hybridized carbons (Fsp3) is 0.200. The van der Waals surface area contributed by atoms with Crippen molar-refractivity contribution >= 4 is 34.2 Å². The molecule has 0 fully saturated rings. The van der Waals surface area contributed by atoms with Gasteiger partial charge >= 0.3 is 0 Å². The number of nitriles is 1. The Bertz CT molecular complexity index is 1660. The minimum atomic E-state index is -0.630. The summed E-state index contributed by atoms with van der Waals surface area (Å²) in [6.07, 6.45) is 6.81. The number of thiophene rings is 1. The molecule has 0 atom stereocenters. The molecule has 0 unspecified atom stereocenters. The lowest BCUT2D eigenvalue weighted by Gasteiger charge is -2.11. The van der Waals surface area contributed by atoms with Crippen LogP contribution in [0.15, 0.2) is 60.3 Å². The summed E-state index contributed by atoms with van der Waals surface area (Å²) in [7, 11) is 3.10. The average Bonchev–Trinajstić information content (AvgIpc) is 3.57. The number of nitrogens with one attached hydrogen (secondary N) is 1. The first-order valence-corrected chi connectivity index (χ1v) is 13.5. The highest BCUT2D eigenvalue weighted by Crippen LogP contribution is 2.38. The number of carbonyl (C=O) groups is 2. The Morgan fingerprint density at radius 2 is 1.85 bits per heavy atom. The number of nitrogens with zero attached hydrogens (tertiary/aromatic N) is 3. The maximum absolute atomic E-state index is 13.3. The molecular weight excluding hydrogens is 526 g/mol. The van der Waals surface area contributed by atoms with E-state index in [1.165, 1.54) is 17.4 Å². The topological polar surface area (TPSA) is 132 Å². The van der Waals surface area contributed by atoms with Crippen molar-refractivity contribution in [3.05, 3.63) is 81.9 Å². The van der Waals surface area contributed by atoms with Crippen molar-refractivity contribution in [1.82, 2.24) is 9.78 Å². The number of aromatic nitrogens is 2. The molecule has 2 heterocycles. The van der Waals surface area contributed by atoms with Crippen molar-refractivity contribution in [1.29, 1.82) is 5.26 Å². The molecule has 4 aromatic rings. The molecule has 202 valence electrons. The number of amides is 2. The summed E-state index contributed by atoms with van der Waals surface area (Å²) in [5, 5.41) is 17.9. The number of hydrogen-bond donors (Lipinski definition) is 2. The van der Waals surface area contributed by atoms with Gasteiger partial charge < -0.3 is 20.5 Å². The third-order valence-corrected chi connectivity index (χ3v) is 7.94. The average molecular weight is 554 g/mol. The number of hydrogen-bond acceptors (Lipinski definition) is 7. The molecule has 0 saturated carbocycles. The van der Waals surface area contributed by atoms with E-state index >= 15 is 0 Å². The zero-order valence-electron chi connectivity index (χ0n) is 22.1. The van der Waals surface area contributed by atoms with Gasteiger partial charge in [-0.1, -0.05) is 18.2 Å². The van der Waals surface area contributed by atoms with Gasteiger partial charge in [0.05, 0.1) is 25.5 Å². The second kappa shape index (κ2) is 11.5. The van der Waals surface area contributed by atoms with Gasteiger partial charge in [0.2, 0.25) is 0 Å². The zero-order chi connectivity index (χ0) is 28.2. The van der Waals surface area contributed by atoms with Crippen LogP contribution in [0.4, 0.5) is 5.00 Å². The van der Waals surface area contributed by atoms with Gasteiger partial charge in [-0.3, -0.25) is 9.59 Å². The van der Waals surface area contributed by atoms with Crippen LogP contribution < -0.4 is 20.5 Å². The van der Waals surface area contributed by atoms with Crippen molar-refractivity contribution in [2.75, 3.05) is 19.5 Å². The molecule has 0 bridgehead atoms. The van der Waals surface area contributed by atoms with E-state index in [1.54, 1.807) is 37.2 Å². The predicted octanol–water partition coefficient (Wildman–Crippen LogP) is 5.14. The van der Waals surface area contributed by atoms with Crippen LogP contribution in [0.5, 0.6) is 11.5 Å². The lowest BCUT2D eigenvalue weighted by atomic mass is 9.95. The molecule has 9 nitrogen and oxygen atoms in total. The molecule has 0 radical (unpaired) electrons. The molecule has 1 aliphatic rings. The lowest BCUT2D eigenvalue weighted by Crippen LogP contribution is -2.19. The maximum Gasteiger partial charge on any atom is 0.266 e. The summed E-state index contributed by atoms with van der Waals surface area (Å²) >= 11 is 1.35. The SMILES string of the molecule is COc1ccc(-c2nn(-c3ccccc3)cc2/C=C(/C#N)C(=O)Nc2sc3c(c2C(N)=O)CCCC3)cc1OC. The number of aryl methyl sites for hydroxylation is 1. The van der Waals surface area contributed by atoms with E-state index in [1.807, 2.05) is 42.5 Å². The minimum absolute atomic E-state index is 0.142. The number of methoxy groups -OCH3 is 2. The van der Waals surface area contributed by atoms with E-state index in [0.29, 0.717) is 38.9 Å². The zero-order valence-corrected chi connectivity index (χ0v) is 22.9. The van der Waals surface area contributed by atoms with Gasteiger partial charge in [-0.15, -0.1) is 11.3 Å². The van der Waals surface area contributed by atoms with Crippen LogP contribution in [0.25, 0.3) is 23.0 Å². The molecule has 2 aromatic heterocycles. The van der Waals surface area contributed by atoms with Crippen LogP contribution in [-0.2, 0) is 17.6 Å². The van der Waals surface area contributed by atoms with Gasteiger partial charge in [-0.05, 0) is 67.7 Å². The molecule has 0 spiro atoms. The normalized spacial score (nSPS) is 12.8. The first-order chi connectivity index (χ1) is 19.4. The Morgan fingerprint density at radius 1 is 1.10 bits per heavy atom. The van der Waals surface area contributed by atoms with Crippen LogP contribution in [0, 0.1) is 11.3 Å². The summed E-state index contributed by atoms with van der Waals surface area (Å²) in [6, 6.07) is 16.9. The highest BCUT2D eigenvalue weighted by atomic mass is 32.1. The number of fused-ring (bicyclic) bond motifs is 1. The number of carbonyl (C=O) groups excluding carboxylic acids is 2. The molecule has 2 aromatic carbocycles. The molecule has 5 rings (SSSR count). The first-order valence-electron chi connectivity index (χ1n) is 12.7. The summed E-state index contributed by atoms with van der Waals surface area (Å²) in [6.45, 7) is 0. The molecule has 40 heavy (non-hydrogen) atoms. The molecule has 10 heteroatoms. The van der Waals surface area contributed by atoms with Gasteiger partial charge in [-0.25, -0.2) is 4.68 Å². The standard InChI is InChI=1S/C30H27N5O4S/c1-38-23-13-12-18(15-24(23)39-2)27-20(17-35(34-27)21-8-4-3-5-9-21)14-19(16-31)29(37)33-30-26(28(32)36)22-10-6-7-11-25(22)40-30/h3-5,8-9,12-15,17H,6-7,10-11H2,1-2H3,(H2,32,36)(H,33,37)/b19-14-. The fourth-order valence-corrected chi connectivity index (χ4v) is 6.09. The van der Waals surface area contributed by atoms with Crippen molar-refractivity contribution in [2.45, 2.75) is 25.7 Å².